The van der Waals surface area contributed by atoms with Gasteiger partial charge < -0.3 is 30.0 Å². The Hall–Kier alpha value is -3.54. The molecule has 2 fully saturated rings. The van der Waals surface area contributed by atoms with Crippen LogP contribution in [0.5, 0.6) is 0 Å². The molecule has 3 N–H and O–H groups in total. The maximum Gasteiger partial charge on any atom is 0.231 e. The number of aromatic nitrogens is 3. The lowest BCUT2D eigenvalue weighted by Gasteiger charge is -2.46. The lowest BCUT2D eigenvalue weighted by atomic mass is 9.71. The molecule has 2 aliphatic heterocycles. The van der Waals surface area contributed by atoms with Gasteiger partial charge in [-0.05, 0) is 87.6 Å². The Kier molecular flexibility index (Phi) is 7.67. The Morgan fingerprint density at radius 2 is 1.73 bits per heavy atom. The fourth-order valence-corrected chi connectivity index (χ4v) is 6.43. The van der Waals surface area contributed by atoms with Gasteiger partial charge in [-0.25, -0.2) is 4.39 Å². The second kappa shape index (κ2) is 11.4. The van der Waals surface area contributed by atoms with E-state index in [0.29, 0.717) is 34.2 Å². The van der Waals surface area contributed by atoms with E-state index in [1.165, 1.54) is 18.9 Å². The number of para-hydroxylation sites is 2. The van der Waals surface area contributed by atoms with Gasteiger partial charge in [0.2, 0.25) is 5.95 Å². The van der Waals surface area contributed by atoms with Crippen molar-refractivity contribution < 1.29 is 8.94 Å². The van der Waals surface area contributed by atoms with Crippen LogP contribution in [0.3, 0.4) is 0 Å². The summed E-state index contributed by atoms with van der Waals surface area (Å²) in [5, 5.41) is 7.37. The number of hydrogen-bond donors (Lipinski definition) is 3. The third kappa shape index (κ3) is 5.79. The van der Waals surface area contributed by atoms with Gasteiger partial charge in [0.05, 0.1) is 35.2 Å². The van der Waals surface area contributed by atoms with Gasteiger partial charge in [0, 0.05) is 25.0 Å². The molecule has 2 aromatic carbocycles. The van der Waals surface area contributed by atoms with Gasteiger partial charge in [0.15, 0.2) is 0 Å². The van der Waals surface area contributed by atoms with Crippen LogP contribution in [0.4, 0.5) is 38.9 Å². The summed E-state index contributed by atoms with van der Waals surface area (Å²) in [6, 6.07) is 14.8. The summed E-state index contributed by atoms with van der Waals surface area (Å²) in [7, 11) is 3.98. The molecule has 2 aromatic heterocycles. The number of nitrogens with zero attached hydrogens (tertiary/aromatic N) is 5. The predicted molar refractivity (Wildman–Crippen MR) is 166 cm³/mol. The molecule has 0 bridgehead atoms. The number of aromatic amines is 1. The molecule has 11 heteroatoms. The largest absolute Gasteiger partial charge is 0.593 e. The maximum atomic E-state index is 15.4. The molecule has 2 saturated heterocycles. The second-order valence-electron chi connectivity index (χ2n) is 11.3. The van der Waals surface area contributed by atoms with Crippen LogP contribution in [-0.4, -0.2) is 70.9 Å². The summed E-state index contributed by atoms with van der Waals surface area (Å²) in [6.07, 6.45) is 8.16. The minimum Gasteiger partial charge on any atom is -0.593 e. The van der Waals surface area contributed by atoms with Crippen LogP contribution < -0.4 is 19.8 Å². The first-order valence-corrected chi connectivity index (χ1v) is 15.6. The SMILES string of the molecule is CN1CCC2(CC1)CCN(c1ccc(Nc3nc(Nc4ccccc4N(C)[S+](C)[O-])c4cc[nH]c4n3)cc1F)CC2. The van der Waals surface area contributed by atoms with E-state index in [2.05, 4.69) is 37.4 Å². The summed E-state index contributed by atoms with van der Waals surface area (Å²) in [5.41, 5.74) is 3.83. The third-order valence-electron chi connectivity index (χ3n) is 8.71. The zero-order valence-corrected chi connectivity index (χ0v) is 24.6. The number of H-pyrrole nitrogens is 1. The standard InChI is InChI=1S/C30H37FN8OS/c1-37-16-11-30(12-17-37)13-18-39(19-14-30)25-9-8-21(20-23(25)31)33-29-35-27-22(10-15-32-27)28(36-29)34-24-6-4-5-7-26(24)38(2)41(3)40/h4-10,15,20H,11-14,16-19H2,1-3H3,(H3,32,33,34,35,36). The number of anilines is 6. The van der Waals surface area contributed by atoms with Gasteiger partial charge in [-0.2, -0.15) is 14.3 Å². The summed E-state index contributed by atoms with van der Waals surface area (Å²) >= 11 is -1.19. The fraction of sp³-hybridized carbons (Fsp3) is 0.400. The van der Waals surface area contributed by atoms with Crippen LogP contribution in [0.25, 0.3) is 11.0 Å². The normalized spacial score (nSPS) is 18.0. The van der Waals surface area contributed by atoms with Crippen molar-refractivity contribution in [3.63, 3.8) is 0 Å². The van der Waals surface area contributed by atoms with Crippen molar-refractivity contribution in [3.8, 4) is 0 Å². The van der Waals surface area contributed by atoms with Crippen LogP contribution in [0, 0.1) is 11.2 Å². The van der Waals surface area contributed by atoms with E-state index >= 15 is 4.39 Å². The molecule has 0 aliphatic carbocycles. The van der Waals surface area contributed by atoms with Crippen molar-refractivity contribution in [1.82, 2.24) is 19.9 Å². The molecular weight excluding hydrogens is 539 g/mol. The highest BCUT2D eigenvalue weighted by molar-refractivity contribution is 7.92. The molecule has 0 radical (unpaired) electrons. The van der Waals surface area contributed by atoms with Crippen molar-refractivity contribution in [1.29, 1.82) is 0 Å². The number of nitrogens with one attached hydrogen (secondary N) is 3. The summed E-state index contributed by atoms with van der Waals surface area (Å²) in [4.78, 5) is 17.1. The highest BCUT2D eigenvalue weighted by Crippen LogP contribution is 2.42. The molecule has 1 unspecified atom stereocenters. The zero-order chi connectivity index (χ0) is 28.6. The van der Waals surface area contributed by atoms with Crippen LogP contribution in [0.2, 0.25) is 0 Å². The molecule has 2 aliphatic rings. The highest BCUT2D eigenvalue weighted by atomic mass is 32.2. The van der Waals surface area contributed by atoms with Crippen LogP contribution in [-0.2, 0) is 11.4 Å². The zero-order valence-electron chi connectivity index (χ0n) is 23.8. The molecule has 1 atom stereocenters. The maximum absolute atomic E-state index is 15.4. The topological polar surface area (TPSA) is 98.4 Å². The molecule has 0 saturated carbocycles. The van der Waals surface area contributed by atoms with E-state index in [-0.39, 0.29) is 5.82 Å². The summed E-state index contributed by atoms with van der Waals surface area (Å²) in [6.45, 7) is 4.09. The molecule has 9 nitrogen and oxygen atoms in total. The van der Waals surface area contributed by atoms with Crippen molar-refractivity contribution in [3.05, 3.63) is 60.5 Å². The number of benzene rings is 2. The Bertz CT molecular complexity index is 1510. The van der Waals surface area contributed by atoms with E-state index in [1.807, 2.05) is 42.5 Å². The van der Waals surface area contributed by atoms with Gasteiger partial charge in [-0.3, -0.25) is 0 Å². The molecule has 216 valence electrons. The second-order valence-corrected chi connectivity index (χ2v) is 12.7. The molecule has 0 amide bonds. The number of halogens is 1. The molecular formula is C30H37FN8OS. The Morgan fingerprint density at radius 1 is 1.00 bits per heavy atom. The Morgan fingerprint density at radius 3 is 2.46 bits per heavy atom. The average Bonchev–Trinajstić information content (AvgIpc) is 3.45. The highest BCUT2D eigenvalue weighted by Gasteiger charge is 2.37. The van der Waals surface area contributed by atoms with Gasteiger partial charge in [0.25, 0.3) is 0 Å². The average molecular weight is 577 g/mol. The summed E-state index contributed by atoms with van der Waals surface area (Å²) in [5.74, 6) is 0.662. The molecule has 1 spiro atoms. The van der Waals surface area contributed by atoms with Crippen LogP contribution in [0.1, 0.15) is 25.7 Å². The first-order valence-electron chi connectivity index (χ1n) is 14.1. The van der Waals surface area contributed by atoms with E-state index < -0.39 is 11.4 Å². The molecule has 4 heterocycles. The summed E-state index contributed by atoms with van der Waals surface area (Å²) < 4.78 is 29.2. The minimum atomic E-state index is -1.19. The van der Waals surface area contributed by atoms with Gasteiger partial charge in [-0.15, -0.1) is 0 Å². The fourth-order valence-electron chi connectivity index (χ4n) is 6.00. The molecule has 41 heavy (non-hydrogen) atoms. The number of fused-ring (bicyclic) bond motifs is 1. The third-order valence-corrected chi connectivity index (χ3v) is 9.68. The number of rotatable bonds is 7. The van der Waals surface area contributed by atoms with E-state index in [4.69, 9.17) is 4.98 Å². The minimum absolute atomic E-state index is 0.252. The van der Waals surface area contributed by atoms with Gasteiger partial charge >= 0.3 is 0 Å². The van der Waals surface area contributed by atoms with E-state index in [1.54, 1.807) is 23.8 Å². The van der Waals surface area contributed by atoms with Crippen molar-refractivity contribution in [2.24, 2.45) is 5.41 Å². The Labute approximate surface area is 243 Å². The van der Waals surface area contributed by atoms with Crippen LogP contribution in [0.15, 0.2) is 54.7 Å². The molecule has 4 aromatic rings. The van der Waals surface area contributed by atoms with Crippen molar-refractivity contribution in [2.45, 2.75) is 25.7 Å². The van der Waals surface area contributed by atoms with Gasteiger partial charge in [-0.1, -0.05) is 12.1 Å². The first-order chi connectivity index (χ1) is 19.8. The molecule has 6 rings (SSSR count). The number of piperidine rings is 2. The van der Waals surface area contributed by atoms with Crippen LogP contribution >= 0.6 is 0 Å². The van der Waals surface area contributed by atoms with Crippen molar-refractivity contribution >= 4 is 56.9 Å². The van der Waals surface area contributed by atoms with E-state index in [0.717, 1.165) is 55.8 Å². The number of hydrogen-bond acceptors (Lipinski definition) is 8. The quantitative estimate of drug-likeness (QED) is 0.244. The lowest BCUT2D eigenvalue weighted by molar-refractivity contribution is 0.0943. The van der Waals surface area contributed by atoms with Crippen molar-refractivity contribution in [2.75, 3.05) is 66.4 Å². The Balaban J connectivity index is 1.19. The predicted octanol–water partition coefficient (Wildman–Crippen LogP) is 5.63. The lowest BCUT2D eigenvalue weighted by Crippen LogP contribution is -2.46. The smallest absolute Gasteiger partial charge is 0.231 e. The number of likely N-dealkylation sites (tertiary alicyclic amines) is 1. The van der Waals surface area contributed by atoms with Gasteiger partial charge in [0.1, 0.15) is 29.2 Å². The first kappa shape index (κ1) is 27.6. The van der Waals surface area contributed by atoms with E-state index in [9.17, 15) is 4.55 Å². The monoisotopic (exact) mass is 576 g/mol.